The van der Waals surface area contributed by atoms with Crippen molar-refractivity contribution >= 4 is 11.9 Å². The summed E-state index contributed by atoms with van der Waals surface area (Å²) in [4.78, 5) is 13.1. The Balaban J connectivity index is 1.65. The molecule has 32 heavy (non-hydrogen) atoms. The Morgan fingerprint density at radius 3 is 2.53 bits per heavy atom. The largest absolute Gasteiger partial charge is 0.454 e. The van der Waals surface area contributed by atoms with E-state index in [2.05, 4.69) is 4.74 Å². The van der Waals surface area contributed by atoms with Crippen LogP contribution in [0.4, 0.5) is 8.78 Å². The van der Waals surface area contributed by atoms with Crippen LogP contribution in [0, 0.1) is 25.2 Å². The van der Waals surface area contributed by atoms with E-state index >= 15 is 0 Å². The first-order chi connectivity index (χ1) is 15.4. The molecule has 0 radical (unpaired) electrons. The molecule has 0 spiro atoms. The molecule has 0 atom stereocenters. The molecule has 162 valence electrons. The van der Waals surface area contributed by atoms with Crippen molar-refractivity contribution in [1.29, 1.82) is 5.26 Å². The molecule has 1 aliphatic rings. The quantitative estimate of drug-likeness (QED) is 0.301. The SMILES string of the molecule is Cc1cc(C(=O)C(C#N)=Cc2ccc3c(c2)OCO3)c(C)n1-c1ccc(OC(F)F)cc1. The number of nitriles is 1. The van der Waals surface area contributed by atoms with Crippen molar-refractivity contribution < 1.29 is 27.8 Å². The van der Waals surface area contributed by atoms with Gasteiger partial charge in [0, 0.05) is 22.6 Å². The van der Waals surface area contributed by atoms with Crippen molar-refractivity contribution in [3.63, 3.8) is 0 Å². The van der Waals surface area contributed by atoms with Gasteiger partial charge in [0.2, 0.25) is 12.6 Å². The van der Waals surface area contributed by atoms with E-state index in [0.29, 0.717) is 34.0 Å². The van der Waals surface area contributed by atoms with Crippen LogP contribution in [0.2, 0.25) is 0 Å². The number of benzene rings is 2. The van der Waals surface area contributed by atoms with Crippen molar-refractivity contribution in [2.24, 2.45) is 0 Å². The van der Waals surface area contributed by atoms with E-state index in [1.807, 2.05) is 17.6 Å². The topological polar surface area (TPSA) is 73.5 Å². The number of allylic oxidation sites excluding steroid dienone is 1. The molecular formula is C24H18F2N2O4. The molecule has 0 N–H and O–H groups in total. The fraction of sp³-hybridized carbons (Fsp3) is 0.167. The lowest BCUT2D eigenvalue weighted by atomic mass is 10.0. The molecule has 1 aliphatic heterocycles. The van der Waals surface area contributed by atoms with Crippen molar-refractivity contribution in [3.8, 4) is 29.0 Å². The lowest BCUT2D eigenvalue weighted by Gasteiger charge is -2.11. The summed E-state index contributed by atoms with van der Waals surface area (Å²) >= 11 is 0. The van der Waals surface area contributed by atoms with Gasteiger partial charge >= 0.3 is 6.61 Å². The van der Waals surface area contributed by atoms with Gasteiger partial charge in [-0.25, -0.2) is 0 Å². The highest BCUT2D eigenvalue weighted by Crippen LogP contribution is 2.33. The van der Waals surface area contributed by atoms with Crippen LogP contribution >= 0.6 is 0 Å². The van der Waals surface area contributed by atoms with E-state index in [0.717, 1.165) is 5.69 Å². The zero-order chi connectivity index (χ0) is 22.8. The molecule has 0 aliphatic carbocycles. The third-order valence-corrected chi connectivity index (χ3v) is 5.07. The number of nitrogens with zero attached hydrogens (tertiary/aromatic N) is 2. The summed E-state index contributed by atoms with van der Waals surface area (Å²) in [7, 11) is 0. The monoisotopic (exact) mass is 436 g/mol. The molecule has 0 fully saturated rings. The first-order valence-corrected chi connectivity index (χ1v) is 9.67. The van der Waals surface area contributed by atoms with Gasteiger partial charge in [0.25, 0.3) is 0 Å². The highest BCUT2D eigenvalue weighted by atomic mass is 19.3. The summed E-state index contributed by atoms with van der Waals surface area (Å²) in [6, 6.07) is 15.0. The smallest absolute Gasteiger partial charge is 0.387 e. The Morgan fingerprint density at radius 2 is 1.84 bits per heavy atom. The van der Waals surface area contributed by atoms with Crippen molar-refractivity contribution in [2.45, 2.75) is 20.5 Å². The van der Waals surface area contributed by atoms with E-state index < -0.39 is 12.4 Å². The molecule has 0 bridgehead atoms. The Kier molecular flexibility index (Phi) is 5.65. The van der Waals surface area contributed by atoms with Crippen LogP contribution in [0.5, 0.6) is 17.2 Å². The maximum atomic E-state index is 13.1. The van der Waals surface area contributed by atoms with Gasteiger partial charge in [0.05, 0.1) is 0 Å². The van der Waals surface area contributed by atoms with Crippen LogP contribution < -0.4 is 14.2 Å². The number of ketones is 1. The zero-order valence-electron chi connectivity index (χ0n) is 17.3. The van der Waals surface area contributed by atoms with Gasteiger partial charge in [-0.05, 0) is 68.0 Å². The minimum Gasteiger partial charge on any atom is -0.454 e. The summed E-state index contributed by atoms with van der Waals surface area (Å²) in [5.74, 6) is 0.796. The summed E-state index contributed by atoms with van der Waals surface area (Å²) in [6.45, 7) is 0.815. The lowest BCUT2D eigenvalue weighted by Crippen LogP contribution is -2.06. The van der Waals surface area contributed by atoms with Crippen molar-refractivity contribution in [3.05, 3.63) is 76.6 Å². The number of aromatic nitrogens is 1. The summed E-state index contributed by atoms with van der Waals surface area (Å²) in [5.41, 5.74) is 3.06. The van der Waals surface area contributed by atoms with Crippen LogP contribution in [0.15, 0.2) is 54.1 Å². The maximum absolute atomic E-state index is 13.1. The van der Waals surface area contributed by atoms with Gasteiger partial charge in [-0.1, -0.05) is 6.07 Å². The molecule has 2 heterocycles. The number of hydrogen-bond donors (Lipinski definition) is 0. The molecule has 0 amide bonds. The fourth-order valence-electron chi connectivity index (χ4n) is 3.63. The molecule has 8 heteroatoms. The van der Waals surface area contributed by atoms with Gasteiger partial charge in [-0.15, -0.1) is 0 Å². The second kappa shape index (κ2) is 8.55. The van der Waals surface area contributed by atoms with Crippen LogP contribution in [-0.2, 0) is 0 Å². The highest BCUT2D eigenvalue weighted by Gasteiger charge is 2.21. The second-order valence-electron chi connectivity index (χ2n) is 7.10. The Labute approximate surface area is 182 Å². The van der Waals surface area contributed by atoms with Gasteiger partial charge < -0.3 is 18.8 Å². The minimum absolute atomic E-state index is 0.0233. The first kappa shape index (κ1) is 21.1. The molecule has 6 nitrogen and oxygen atoms in total. The van der Waals surface area contributed by atoms with Gasteiger partial charge in [0.1, 0.15) is 17.4 Å². The normalized spacial score (nSPS) is 12.7. The third-order valence-electron chi connectivity index (χ3n) is 5.07. The average molecular weight is 436 g/mol. The molecule has 2 aromatic carbocycles. The lowest BCUT2D eigenvalue weighted by molar-refractivity contribution is -0.0498. The number of halogens is 2. The molecule has 0 saturated heterocycles. The van der Waals surface area contributed by atoms with E-state index in [1.54, 1.807) is 43.3 Å². The van der Waals surface area contributed by atoms with E-state index in [4.69, 9.17) is 9.47 Å². The fourth-order valence-corrected chi connectivity index (χ4v) is 3.63. The minimum atomic E-state index is -2.90. The Bertz CT molecular complexity index is 1250. The number of hydrogen-bond acceptors (Lipinski definition) is 5. The first-order valence-electron chi connectivity index (χ1n) is 9.67. The standard InChI is InChI=1S/C24H18F2N2O4/c1-14-9-20(15(2)28(14)18-4-6-19(7-5-18)32-24(25)26)23(29)17(12-27)10-16-3-8-21-22(11-16)31-13-30-21/h3-11,24H,13H2,1-2H3. The molecular weight excluding hydrogens is 418 g/mol. The maximum Gasteiger partial charge on any atom is 0.387 e. The van der Waals surface area contributed by atoms with E-state index in [9.17, 15) is 18.8 Å². The predicted octanol–water partition coefficient (Wildman–Crippen LogP) is 5.21. The second-order valence-corrected chi connectivity index (χ2v) is 7.10. The van der Waals surface area contributed by atoms with Crippen molar-refractivity contribution in [1.82, 2.24) is 4.57 Å². The van der Waals surface area contributed by atoms with Crippen LogP contribution in [0.25, 0.3) is 11.8 Å². The molecule has 0 saturated carbocycles. The number of alkyl halides is 2. The van der Waals surface area contributed by atoms with Gasteiger partial charge in [-0.2, -0.15) is 14.0 Å². The number of fused-ring (bicyclic) bond motifs is 1. The number of rotatable bonds is 6. The van der Waals surface area contributed by atoms with E-state index in [1.165, 1.54) is 18.2 Å². The zero-order valence-corrected chi connectivity index (χ0v) is 17.3. The molecule has 0 unspecified atom stereocenters. The van der Waals surface area contributed by atoms with Crippen LogP contribution in [0.3, 0.4) is 0 Å². The molecule has 3 aromatic rings. The molecule has 1 aromatic heterocycles. The summed E-state index contributed by atoms with van der Waals surface area (Å²) in [5, 5.41) is 9.62. The number of aryl methyl sites for hydroxylation is 1. The van der Waals surface area contributed by atoms with Gasteiger partial charge in [0.15, 0.2) is 11.5 Å². The number of Topliss-reactive ketones (excluding diaryl/α,β-unsaturated/α-hetero) is 1. The van der Waals surface area contributed by atoms with Crippen LogP contribution in [-0.4, -0.2) is 23.8 Å². The van der Waals surface area contributed by atoms with Crippen molar-refractivity contribution in [2.75, 3.05) is 6.79 Å². The third kappa shape index (κ3) is 4.05. The van der Waals surface area contributed by atoms with Gasteiger partial charge in [-0.3, -0.25) is 4.79 Å². The summed E-state index contributed by atoms with van der Waals surface area (Å²) in [6.07, 6.45) is 1.51. The number of carbonyl (C=O) groups is 1. The number of ether oxygens (including phenoxy) is 3. The predicted molar refractivity (Wildman–Crippen MR) is 112 cm³/mol. The van der Waals surface area contributed by atoms with E-state index in [-0.39, 0.29) is 18.1 Å². The highest BCUT2D eigenvalue weighted by molar-refractivity contribution is 6.14. The Hall–Kier alpha value is -4.12. The summed E-state index contributed by atoms with van der Waals surface area (Å²) < 4.78 is 41.6. The average Bonchev–Trinajstić information content (AvgIpc) is 3.35. The Morgan fingerprint density at radius 1 is 1.12 bits per heavy atom. The molecule has 4 rings (SSSR count). The number of carbonyl (C=O) groups excluding carboxylic acids is 1. The van der Waals surface area contributed by atoms with Crippen LogP contribution in [0.1, 0.15) is 27.3 Å².